The van der Waals surface area contributed by atoms with Crippen LogP contribution in [0.25, 0.3) is 0 Å². The molecular formula is C12H15NO4. The van der Waals surface area contributed by atoms with Crippen molar-refractivity contribution in [1.29, 1.82) is 0 Å². The molecule has 0 saturated carbocycles. The fourth-order valence-corrected chi connectivity index (χ4v) is 1.40. The number of rotatable bonds is 5. The molecule has 17 heavy (non-hydrogen) atoms. The fourth-order valence-electron chi connectivity index (χ4n) is 1.40. The molecule has 0 aliphatic carbocycles. The molecule has 0 fully saturated rings. The van der Waals surface area contributed by atoms with Crippen LogP contribution in [0.5, 0.6) is 0 Å². The third kappa shape index (κ3) is 3.97. The summed E-state index contributed by atoms with van der Waals surface area (Å²) in [6.07, 6.45) is -1.58. The van der Waals surface area contributed by atoms with E-state index in [0.717, 1.165) is 0 Å². The Morgan fingerprint density at radius 2 is 2.18 bits per heavy atom. The number of aliphatic hydroxyl groups excluding tert-OH is 2. The van der Waals surface area contributed by atoms with Crippen molar-refractivity contribution in [3.63, 3.8) is 0 Å². The van der Waals surface area contributed by atoms with Crippen molar-refractivity contribution in [2.45, 2.75) is 19.1 Å². The summed E-state index contributed by atoms with van der Waals surface area (Å²) in [6.45, 7) is 1.29. The molecule has 0 heterocycles. The van der Waals surface area contributed by atoms with Crippen LogP contribution in [0, 0.1) is 0 Å². The molecule has 1 aromatic carbocycles. The predicted octanol–water partition coefficient (Wildman–Crippen LogP) is 0.0295. The van der Waals surface area contributed by atoms with Crippen LogP contribution in [0.15, 0.2) is 24.3 Å². The Kier molecular flexibility index (Phi) is 4.81. The highest BCUT2D eigenvalue weighted by atomic mass is 16.3. The van der Waals surface area contributed by atoms with E-state index in [-0.39, 0.29) is 12.5 Å². The molecular weight excluding hydrogens is 222 g/mol. The minimum Gasteiger partial charge on any atom is -0.388 e. The van der Waals surface area contributed by atoms with Crippen molar-refractivity contribution in [1.82, 2.24) is 5.32 Å². The maximum Gasteiger partial charge on any atom is 0.216 e. The zero-order chi connectivity index (χ0) is 12.8. The van der Waals surface area contributed by atoms with Crippen molar-refractivity contribution < 1.29 is 19.8 Å². The average molecular weight is 237 g/mol. The van der Waals surface area contributed by atoms with E-state index < -0.39 is 12.2 Å². The minimum absolute atomic E-state index is 0.0399. The van der Waals surface area contributed by atoms with Crippen LogP contribution >= 0.6 is 0 Å². The van der Waals surface area contributed by atoms with Gasteiger partial charge in [-0.1, -0.05) is 18.2 Å². The lowest BCUT2D eigenvalue weighted by Gasteiger charge is -2.18. The van der Waals surface area contributed by atoms with E-state index in [1.807, 2.05) is 0 Å². The molecule has 0 bridgehead atoms. The lowest BCUT2D eigenvalue weighted by Crippen LogP contribution is -2.34. The second-order valence-electron chi connectivity index (χ2n) is 3.74. The molecule has 5 nitrogen and oxygen atoms in total. The quantitative estimate of drug-likeness (QED) is 0.630. The summed E-state index contributed by atoms with van der Waals surface area (Å²) in [4.78, 5) is 21.2. The van der Waals surface area contributed by atoms with Crippen molar-refractivity contribution in [2.24, 2.45) is 0 Å². The molecule has 5 heteroatoms. The summed E-state index contributed by atoms with van der Waals surface area (Å²) in [6, 6.07) is 6.32. The lowest BCUT2D eigenvalue weighted by molar-refractivity contribution is -0.119. The Morgan fingerprint density at radius 3 is 2.76 bits per heavy atom. The third-order valence-corrected chi connectivity index (χ3v) is 2.31. The Bertz CT molecular complexity index is 405. The Balaban J connectivity index is 2.70. The van der Waals surface area contributed by atoms with E-state index in [4.69, 9.17) is 0 Å². The van der Waals surface area contributed by atoms with Crippen LogP contribution in [0.4, 0.5) is 0 Å². The van der Waals surface area contributed by atoms with Gasteiger partial charge in [-0.2, -0.15) is 0 Å². The van der Waals surface area contributed by atoms with Crippen molar-refractivity contribution in [3.05, 3.63) is 35.4 Å². The number of amides is 1. The molecule has 1 amide bonds. The van der Waals surface area contributed by atoms with Gasteiger partial charge in [0.25, 0.3) is 0 Å². The molecule has 92 valence electrons. The second-order valence-corrected chi connectivity index (χ2v) is 3.74. The maximum atomic E-state index is 10.7. The molecule has 2 unspecified atom stereocenters. The molecule has 0 saturated heterocycles. The normalized spacial score (nSPS) is 13.8. The van der Waals surface area contributed by atoms with Gasteiger partial charge in [-0.15, -0.1) is 0 Å². The van der Waals surface area contributed by atoms with E-state index in [1.54, 1.807) is 18.2 Å². The first-order valence-corrected chi connectivity index (χ1v) is 5.20. The number of carbonyl (C=O) groups is 2. The van der Waals surface area contributed by atoms with Crippen LogP contribution < -0.4 is 5.32 Å². The summed E-state index contributed by atoms with van der Waals surface area (Å²) >= 11 is 0. The Labute approximate surface area is 99.1 Å². The lowest BCUT2D eigenvalue weighted by atomic mass is 10.0. The number of aldehydes is 1. The molecule has 1 aromatic rings. The SMILES string of the molecule is CC(=O)NCC(O)C(O)c1cccc(C=O)c1. The molecule has 0 spiro atoms. The molecule has 0 aliphatic rings. The van der Waals surface area contributed by atoms with Gasteiger partial charge < -0.3 is 15.5 Å². The molecule has 2 atom stereocenters. The number of hydrogen-bond acceptors (Lipinski definition) is 4. The van der Waals surface area contributed by atoms with Crippen molar-refractivity contribution >= 4 is 12.2 Å². The smallest absolute Gasteiger partial charge is 0.216 e. The van der Waals surface area contributed by atoms with Gasteiger partial charge in [0.05, 0.1) is 0 Å². The minimum atomic E-state index is -1.14. The van der Waals surface area contributed by atoms with E-state index in [9.17, 15) is 19.8 Å². The van der Waals surface area contributed by atoms with Crippen LogP contribution in [0.2, 0.25) is 0 Å². The van der Waals surface area contributed by atoms with Gasteiger partial charge in [-0.3, -0.25) is 9.59 Å². The Hall–Kier alpha value is -1.72. The highest BCUT2D eigenvalue weighted by Crippen LogP contribution is 2.17. The molecule has 1 rings (SSSR count). The van der Waals surface area contributed by atoms with Crippen LogP contribution in [-0.4, -0.2) is 35.1 Å². The number of aliphatic hydroxyl groups is 2. The topological polar surface area (TPSA) is 86.6 Å². The van der Waals surface area contributed by atoms with E-state index in [0.29, 0.717) is 17.4 Å². The summed E-state index contributed by atoms with van der Waals surface area (Å²) in [7, 11) is 0. The molecule has 3 N–H and O–H groups in total. The van der Waals surface area contributed by atoms with E-state index >= 15 is 0 Å². The second kappa shape index (κ2) is 6.12. The maximum absolute atomic E-state index is 10.7. The van der Waals surface area contributed by atoms with E-state index in [2.05, 4.69) is 5.32 Å². The van der Waals surface area contributed by atoms with Gasteiger partial charge in [0, 0.05) is 19.0 Å². The van der Waals surface area contributed by atoms with E-state index in [1.165, 1.54) is 13.0 Å². The van der Waals surface area contributed by atoms with Gasteiger partial charge in [0.15, 0.2) is 0 Å². The van der Waals surface area contributed by atoms with Gasteiger partial charge in [0.2, 0.25) is 5.91 Å². The number of carbonyl (C=O) groups excluding carboxylic acids is 2. The zero-order valence-electron chi connectivity index (χ0n) is 9.46. The fraction of sp³-hybridized carbons (Fsp3) is 0.333. The monoisotopic (exact) mass is 237 g/mol. The molecule has 0 aliphatic heterocycles. The zero-order valence-corrected chi connectivity index (χ0v) is 9.46. The number of hydrogen-bond donors (Lipinski definition) is 3. The van der Waals surface area contributed by atoms with Gasteiger partial charge in [-0.05, 0) is 11.6 Å². The number of benzene rings is 1. The highest BCUT2D eigenvalue weighted by molar-refractivity contribution is 5.75. The highest BCUT2D eigenvalue weighted by Gasteiger charge is 2.18. The number of nitrogens with one attached hydrogen (secondary N) is 1. The van der Waals surface area contributed by atoms with Gasteiger partial charge in [-0.25, -0.2) is 0 Å². The average Bonchev–Trinajstić information content (AvgIpc) is 2.35. The first kappa shape index (κ1) is 13.3. The summed E-state index contributed by atoms with van der Waals surface area (Å²) in [5.74, 6) is -0.280. The van der Waals surface area contributed by atoms with Crippen molar-refractivity contribution in [2.75, 3.05) is 6.54 Å². The molecule has 0 radical (unpaired) electrons. The van der Waals surface area contributed by atoms with Gasteiger partial charge in [0.1, 0.15) is 18.5 Å². The van der Waals surface area contributed by atoms with Crippen molar-refractivity contribution in [3.8, 4) is 0 Å². The summed E-state index contributed by atoms with van der Waals surface area (Å²) in [5.41, 5.74) is 0.862. The third-order valence-electron chi connectivity index (χ3n) is 2.31. The first-order chi connectivity index (χ1) is 8.04. The largest absolute Gasteiger partial charge is 0.388 e. The predicted molar refractivity (Wildman–Crippen MR) is 61.5 cm³/mol. The summed E-state index contributed by atoms with van der Waals surface area (Å²) < 4.78 is 0. The van der Waals surface area contributed by atoms with Crippen LogP contribution in [-0.2, 0) is 4.79 Å². The first-order valence-electron chi connectivity index (χ1n) is 5.20. The van der Waals surface area contributed by atoms with Crippen LogP contribution in [0.1, 0.15) is 28.9 Å². The van der Waals surface area contributed by atoms with Crippen LogP contribution in [0.3, 0.4) is 0 Å². The Morgan fingerprint density at radius 1 is 1.47 bits per heavy atom. The molecule has 0 aromatic heterocycles. The standard InChI is InChI=1S/C12H15NO4/c1-8(15)13-6-11(16)12(17)10-4-2-3-9(5-10)7-14/h2-5,7,11-12,16-17H,6H2,1H3,(H,13,15). The summed E-state index contributed by atoms with van der Waals surface area (Å²) in [5, 5.41) is 21.8. The van der Waals surface area contributed by atoms with Gasteiger partial charge >= 0.3 is 0 Å².